The number of anilines is 1. The smallest absolute Gasteiger partial charge is 0.239 e. The lowest BCUT2D eigenvalue weighted by molar-refractivity contribution is 0.327. The van der Waals surface area contributed by atoms with Crippen molar-refractivity contribution >= 4 is 38.7 Å². The van der Waals surface area contributed by atoms with Crippen LogP contribution in [-0.4, -0.2) is 58.7 Å². The average molecular weight is 600 g/mol. The number of halogens is 2. The maximum Gasteiger partial charge on any atom is 0.239 e. The number of sulfonamides is 1. The molecule has 4 aromatic heterocycles. The first kappa shape index (κ1) is 28.0. The zero-order valence-corrected chi connectivity index (χ0v) is 23.6. The molecule has 15 heteroatoms. The van der Waals surface area contributed by atoms with Crippen LogP contribution >= 0.6 is 11.6 Å². The van der Waals surface area contributed by atoms with Gasteiger partial charge in [-0.25, -0.2) is 32.7 Å². The molecule has 0 aliphatic heterocycles. The minimum Gasteiger partial charge on any atom is -0.494 e. The van der Waals surface area contributed by atoms with E-state index in [9.17, 15) is 12.8 Å². The van der Waals surface area contributed by atoms with Crippen LogP contribution in [0.2, 0.25) is 5.15 Å². The van der Waals surface area contributed by atoms with Crippen LogP contribution in [0.15, 0.2) is 54.7 Å². The molecule has 0 aliphatic carbocycles. The number of aromatic nitrogens is 6. The number of fused-ring (bicyclic) bond motifs is 1. The molecule has 1 aromatic carbocycles. The quantitative estimate of drug-likeness (QED) is 0.245. The van der Waals surface area contributed by atoms with Crippen molar-refractivity contribution < 1.29 is 27.0 Å². The third-order valence-electron chi connectivity index (χ3n) is 5.74. The summed E-state index contributed by atoms with van der Waals surface area (Å²) in [5.74, 6) is -0.382. The first-order chi connectivity index (χ1) is 19.7. The van der Waals surface area contributed by atoms with E-state index in [-0.39, 0.29) is 33.8 Å². The third-order valence-corrected chi connectivity index (χ3v) is 7.16. The van der Waals surface area contributed by atoms with E-state index >= 15 is 0 Å². The lowest BCUT2D eigenvalue weighted by atomic mass is 10.2. The minimum absolute atomic E-state index is 0.0836. The predicted octanol–water partition coefficient (Wildman–Crippen LogP) is 4.42. The standard InChI is InChI=1S/C26H23ClFN7O5S/c1-4-40-20-12-5-9-16(30-20)25-33-24-26(35(25)21-18(38-2)10-6-11-19(21)39-3)32-23(22(27)31-24)34-41(36,37)14-17-15(28)8-7-13-29-17/h5-13H,4,14H2,1-3H3,(H,32,34). The fourth-order valence-electron chi connectivity index (χ4n) is 4.03. The van der Waals surface area contributed by atoms with Gasteiger partial charge in [0.15, 0.2) is 28.1 Å². The number of rotatable bonds is 10. The molecule has 212 valence electrons. The summed E-state index contributed by atoms with van der Waals surface area (Å²) in [4.78, 5) is 21.8. The maximum absolute atomic E-state index is 14.1. The van der Waals surface area contributed by atoms with Crippen molar-refractivity contribution in [2.45, 2.75) is 12.7 Å². The van der Waals surface area contributed by atoms with Crippen LogP contribution in [0.3, 0.4) is 0 Å². The van der Waals surface area contributed by atoms with Crippen molar-refractivity contribution in [2.24, 2.45) is 0 Å². The number of hydrogen-bond donors (Lipinski definition) is 1. The summed E-state index contributed by atoms with van der Waals surface area (Å²) in [7, 11) is -1.23. The molecule has 0 unspecified atom stereocenters. The third kappa shape index (κ3) is 5.69. The van der Waals surface area contributed by atoms with Gasteiger partial charge in [-0.1, -0.05) is 23.7 Å². The Labute approximate surface area is 239 Å². The number of nitrogens with one attached hydrogen (secondary N) is 1. The van der Waals surface area contributed by atoms with Gasteiger partial charge in [-0.15, -0.1) is 0 Å². The molecular weight excluding hydrogens is 577 g/mol. The molecule has 0 bridgehead atoms. The van der Waals surface area contributed by atoms with Crippen molar-refractivity contribution in [1.29, 1.82) is 0 Å². The molecule has 5 aromatic rings. The number of ether oxygens (including phenoxy) is 3. The molecule has 0 aliphatic rings. The maximum atomic E-state index is 14.1. The van der Waals surface area contributed by atoms with Crippen molar-refractivity contribution in [2.75, 3.05) is 25.5 Å². The van der Waals surface area contributed by atoms with E-state index in [1.807, 2.05) is 6.92 Å². The second kappa shape index (κ2) is 11.5. The molecule has 1 N–H and O–H groups in total. The second-order valence-electron chi connectivity index (χ2n) is 8.38. The molecule has 0 amide bonds. The molecular formula is C26H23ClFN7O5S. The Morgan fingerprint density at radius 2 is 1.71 bits per heavy atom. The van der Waals surface area contributed by atoms with E-state index in [1.54, 1.807) is 41.0 Å². The van der Waals surface area contributed by atoms with E-state index in [1.165, 1.54) is 26.5 Å². The molecule has 0 saturated carbocycles. The summed E-state index contributed by atoms with van der Waals surface area (Å²) in [5.41, 5.74) is 0.724. The molecule has 0 radical (unpaired) electrons. The summed E-state index contributed by atoms with van der Waals surface area (Å²) >= 11 is 6.36. The van der Waals surface area contributed by atoms with Crippen LogP contribution < -0.4 is 18.9 Å². The molecule has 0 saturated heterocycles. The van der Waals surface area contributed by atoms with Gasteiger partial charge in [0.05, 0.1) is 26.5 Å². The van der Waals surface area contributed by atoms with Crippen LogP contribution in [0.1, 0.15) is 12.6 Å². The summed E-state index contributed by atoms with van der Waals surface area (Å²) in [5, 5.41) is -0.276. The fraction of sp³-hybridized carbons (Fsp3) is 0.192. The second-order valence-corrected chi connectivity index (χ2v) is 10.5. The van der Waals surface area contributed by atoms with Gasteiger partial charge in [0.1, 0.15) is 34.5 Å². The highest BCUT2D eigenvalue weighted by Gasteiger charge is 2.26. The Hall–Kier alpha value is -4.56. The SMILES string of the molecule is CCOc1cccc(-c2nc3nc(Cl)c(NS(=O)(=O)Cc4ncccc4F)nc3n2-c2c(OC)cccc2OC)n1. The van der Waals surface area contributed by atoms with E-state index in [0.717, 1.165) is 6.07 Å². The number of hydrogen-bond acceptors (Lipinski definition) is 10. The van der Waals surface area contributed by atoms with Gasteiger partial charge >= 0.3 is 0 Å². The molecule has 0 fully saturated rings. The largest absolute Gasteiger partial charge is 0.494 e. The number of methoxy groups -OCH3 is 2. The van der Waals surface area contributed by atoms with Crippen molar-refractivity contribution in [3.8, 4) is 34.6 Å². The Bertz CT molecular complexity index is 1830. The van der Waals surface area contributed by atoms with Gasteiger partial charge in [0.25, 0.3) is 0 Å². The number of benzene rings is 1. The Morgan fingerprint density at radius 1 is 0.976 bits per heavy atom. The Kier molecular flexibility index (Phi) is 7.85. The van der Waals surface area contributed by atoms with Gasteiger partial charge in [0, 0.05) is 12.3 Å². The first-order valence-corrected chi connectivity index (χ1v) is 14.1. The molecule has 41 heavy (non-hydrogen) atoms. The van der Waals surface area contributed by atoms with Crippen molar-refractivity contribution in [3.63, 3.8) is 0 Å². The van der Waals surface area contributed by atoms with Crippen LogP contribution in [0.25, 0.3) is 28.5 Å². The van der Waals surface area contributed by atoms with Gasteiger partial charge < -0.3 is 14.2 Å². The highest BCUT2D eigenvalue weighted by Crippen LogP contribution is 2.38. The first-order valence-electron chi connectivity index (χ1n) is 12.1. The zero-order chi connectivity index (χ0) is 29.1. The monoisotopic (exact) mass is 599 g/mol. The predicted molar refractivity (Wildman–Crippen MR) is 150 cm³/mol. The van der Waals surface area contributed by atoms with E-state index in [4.69, 9.17) is 25.8 Å². The van der Waals surface area contributed by atoms with Crippen LogP contribution in [0.5, 0.6) is 17.4 Å². The highest BCUT2D eigenvalue weighted by atomic mass is 35.5. The van der Waals surface area contributed by atoms with Crippen molar-refractivity contribution in [1.82, 2.24) is 29.5 Å². The molecule has 5 rings (SSSR count). The minimum atomic E-state index is -4.21. The number of imidazole rings is 1. The molecule has 0 atom stereocenters. The van der Waals surface area contributed by atoms with Gasteiger partial charge in [-0.2, -0.15) is 0 Å². The van der Waals surface area contributed by atoms with Gasteiger partial charge in [-0.3, -0.25) is 14.3 Å². The highest BCUT2D eigenvalue weighted by molar-refractivity contribution is 7.91. The molecule has 12 nitrogen and oxygen atoms in total. The van der Waals surface area contributed by atoms with Gasteiger partial charge in [0.2, 0.25) is 15.9 Å². The lowest BCUT2D eigenvalue weighted by Crippen LogP contribution is -2.18. The number of nitrogens with zero attached hydrogens (tertiary/aromatic N) is 6. The van der Waals surface area contributed by atoms with E-state index in [0.29, 0.717) is 35.4 Å². The zero-order valence-electron chi connectivity index (χ0n) is 22.0. The van der Waals surface area contributed by atoms with Crippen molar-refractivity contribution in [3.05, 3.63) is 71.4 Å². The van der Waals surface area contributed by atoms with Crippen LogP contribution in [0.4, 0.5) is 10.2 Å². The normalized spacial score (nSPS) is 11.4. The average Bonchev–Trinajstić information content (AvgIpc) is 3.31. The lowest BCUT2D eigenvalue weighted by Gasteiger charge is -2.16. The Balaban J connectivity index is 1.72. The molecule has 0 spiro atoms. The summed E-state index contributed by atoms with van der Waals surface area (Å²) < 4.78 is 60.7. The summed E-state index contributed by atoms with van der Waals surface area (Å²) in [6.07, 6.45) is 1.29. The fourth-order valence-corrected chi connectivity index (χ4v) is 5.34. The topological polar surface area (TPSA) is 143 Å². The number of para-hydroxylation sites is 1. The summed E-state index contributed by atoms with van der Waals surface area (Å²) in [6, 6.07) is 12.8. The number of pyridine rings is 2. The van der Waals surface area contributed by atoms with Crippen LogP contribution in [0, 0.1) is 5.82 Å². The Morgan fingerprint density at radius 3 is 2.39 bits per heavy atom. The molecule has 4 heterocycles. The van der Waals surface area contributed by atoms with E-state index in [2.05, 4.69) is 29.6 Å². The van der Waals surface area contributed by atoms with E-state index < -0.39 is 21.6 Å². The van der Waals surface area contributed by atoms with Crippen LogP contribution in [-0.2, 0) is 15.8 Å². The summed E-state index contributed by atoms with van der Waals surface area (Å²) in [6.45, 7) is 2.24. The van der Waals surface area contributed by atoms with Gasteiger partial charge in [-0.05, 0) is 37.3 Å².